The van der Waals surface area contributed by atoms with E-state index in [1.165, 1.54) is 18.4 Å². The van der Waals surface area contributed by atoms with Crippen molar-refractivity contribution in [3.05, 3.63) is 29.8 Å². The van der Waals surface area contributed by atoms with Gasteiger partial charge in [-0.15, -0.1) is 0 Å². The van der Waals surface area contributed by atoms with Crippen molar-refractivity contribution in [3.8, 4) is 5.75 Å². The summed E-state index contributed by atoms with van der Waals surface area (Å²) in [6, 6.07) is 8.28. The fourth-order valence-corrected chi connectivity index (χ4v) is 2.14. The van der Waals surface area contributed by atoms with E-state index >= 15 is 0 Å². The van der Waals surface area contributed by atoms with Gasteiger partial charge in [0.25, 0.3) is 0 Å². The fourth-order valence-electron chi connectivity index (χ4n) is 1.81. The van der Waals surface area contributed by atoms with Gasteiger partial charge in [0.05, 0.1) is 7.11 Å². The average Bonchev–Trinajstić information content (AvgIpc) is 2.28. The molecule has 0 radical (unpaired) electrons. The van der Waals surface area contributed by atoms with Crippen molar-refractivity contribution in [2.45, 2.75) is 44.9 Å². The van der Waals surface area contributed by atoms with E-state index < -0.39 is 0 Å². The van der Waals surface area contributed by atoms with Crippen molar-refractivity contribution in [1.29, 1.82) is 0 Å². The Kier molecular flexibility index (Phi) is 5.51. The molecule has 1 aromatic rings. The summed E-state index contributed by atoms with van der Waals surface area (Å²) in [6.45, 7) is 6.82. The molecule has 0 saturated carbocycles. The standard InChI is InChI=1S/C15H23BrO/c1-15(2,3)14(16)11-7-9-12-8-5-6-10-13(12)17-4/h5-6,8,10,14H,7,9,11H2,1-4H3. The molecule has 0 saturated heterocycles. The smallest absolute Gasteiger partial charge is 0.122 e. The molecule has 1 rings (SSSR count). The van der Waals surface area contributed by atoms with Crippen LogP contribution in [0.25, 0.3) is 0 Å². The zero-order valence-electron chi connectivity index (χ0n) is 11.3. The molecule has 1 nitrogen and oxygen atoms in total. The summed E-state index contributed by atoms with van der Waals surface area (Å²) in [5, 5.41) is 0. The topological polar surface area (TPSA) is 9.23 Å². The van der Waals surface area contributed by atoms with Crippen molar-refractivity contribution in [3.63, 3.8) is 0 Å². The summed E-state index contributed by atoms with van der Waals surface area (Å²) < 4.78 is 5.36. The quantitative estimate of drug-likeness (QED) is 0.708. The monoisotopic (exact) mass is 298 g/mol. The van der Waals surface area contributed by atoms with Gasteiger partial charge in [-0.1, -0.05) is 54.9 Å². The minimum absolute atomic E-state index is 0.334. The Balaban J connectivity index is 2.46. The highest BCUT2D eigenvalue weighted by Crippen LogP contribution is 2.30. The van der Waals surface area contributed by atoms with Crippen LogP contribution in [0.2, 0.25) is 0 Å². The number of ether oxygens (including phenoxy) is 1. The van der Waals surface area contributed by atoms with Gasteiger partial charge in [0.1, 0.15) is 5.75 Å². The van der Waals surface area contributed by atoms with Gasteiger partial charge in [0.2, 0.25) is 0 Å². The largest absolute Gasteiger partial charge is 0.496 e. The van der Waals surface area contributed by atoms with Gasteiger partial charge < -0.3 is 4.74 Å². The van der Waals surface area contributed by atoms with Crippen molar-refractivity contribution < 1.29 is 4.74 Å². The maximum atomic E-state index is 5.36. The summed E-state index contributed by atoms with van der Waals surface area (Å²) in [6.07, 6.45) is 3.47. The molecule has 0 fully saturated rings. The normalized spacial score (nSPS) is 13.5. The minimum Gasteiger partial charge on any atom is -0.496 e. The summed E-state index contributed by atoms with van der Waals surface area (Å²) in [5.41, 5.74) is 1.64. The van der Waals surface area contributed by atoms with E-state index in [1.807, 2.05) is 12.1 Å². The highest BCUT2D eigenvalue weighted by molar-refractivity contribution is 9.09. The third-order valence-electron chi connectivity index (χ3n) is 3.04. The third-order valence-corrected chi connectivity index (χ3v) is 4.87. The van der Waals surface area contributed by atoms with Crippen molar-refractivity contribution in [2.24, 2.45) is 5.41 Å². The van der Waals surface area contributed by atoms with Crippen molar-refractivity contribution in [1.82, 2.24) is 0 Å². The molecule has 0 bridgehead atoms. The lowest BCUT2D eigenvalue weighted by atomic mass is 9.89. The van der Waals surface area contributed by atoms with E-state index in [1.54, 1.807) is 7.11 Å². The lowest BCUT2D eigenvalue weighted by molar-refractivity contribution is 0.378. The SMILES string of the molecule is COc1ccccc1CCCC(Br)C(C)(C)C. The predicted octanol–water partition coefficient (Wildman–Crippen LogP) is 4.83. The van der Waals surface area contributed by atoms with Crippen molar-refractivity contribution >= 4 is 15.9 Å². The van der Waals surface area contributed by atoms with Gasteiger partial charge in [-0.2, -0.15) is 0 Å². The first-order valence-electron chi connectivity index (χ1n) is 6.21. The average molecular weight is 299 g/mol. The zero-order valence-corrected chi connectivity index (χ0v) is 12.9. The molecule has 0 amide bonds. The molecule has 1 aromatic carbocycles. The molecule has 0 aromatic heterocycles. The van der Waals surface area contributed by atoms with Gasteiger partial charge in [-0.3, -0.25) is 0 Å². The van der Waals surface area contributed by atoms with Crippen LogP contribution in [0.1, 0.15) is 39.2 Å². The molecule has 1 unspecified atom stereocenters. The molecular formula is C15H23BrO. The Bertz CT molecular complexity index is 341. The summed E-state index contributed by atoms with van der Waals surface area (Å²) >= 11 is 3.78. The van der Waals surface area contributed by atoms with Crippen LogP contribution >= 0.6 is 15.9 Å². The van der Waals surface area contributed by atoms with E-state index in [2.05, 4.69) is 48.8 Å². The Morgan fingerprint density at radius 3 is 2.47 bits per heavy atom. The van der Waals surface area contributed by atoms with Crippen LogP contribution in [0, 0.1) is 5.41 Å². The molecule has 0 heterocycles. The van der Waals surface area contributed by atoms with E-state index in [9.17, 15) is 0 Å². The number of rotatable bonds is 5. The highest BCUT2D eigenvalue weighted by Gasteiger charge is 2.21. The Hall–Kier alpha value is -0.500. The van der Waals surface area contributed by atoms with Crippen molar-refractivity contribution in [2.75, 3.05) is 7.11 Å². The third kappa shape index (κ3) is 4.71. The molecule has 0 aliphatic rings. The van der Waals surface area contributed by atoms with E-state index in [-0.39, 0.29) is 0 Å². The molecule has 0 N–H and O–H groups in total. The van der Waals surface area contributed by atoms with Gasteiger partial charge in [-0.05, 0) is 36.3 Å². The Morgan fingerprint density at radius 2 is 1.88 bits per heavy atom. The summed E-state index contributed by atoms with van der Waals surface area (Å²) in [7, 11) is 1.74. The first kappa shape index (κ1) is 14.6. The number of methoxy groups -OCH3 is 1. The molecule has 1 atom stereocenters. The second-order valence-electron chi connectivity index (χ2n) is 5.54. The molecule has 2 heteroatoms. The predicted molar refractivity (Wildman–Crippen MR) is 78.1 cm³/mol. The van der Waals surface area contributed by atoms with Gasteiger partial charge in [0, 0.05) is 4.83 Å². The van der Waals surface area contributed by atoms with Gasteiger partial charge in [0.15, 0.2) is 0 Å². The second kappa shape index (κ2) is 6.44. The number of benzene rings is 1. The molecule has 0 spiro atoms. The lowest BCUT2D eigenvalue weighted by Gasteiger charge is -2.25. The molecule has 0 aliphatic carbocycles. The van der Waals surface area contributed by atoms with Crippen LogP contribution in [0.15, 0.2) is 24.3 Å². The first-order chi connectivity index (χ1) is 7.95. The van der Waals surface area contributed by atoms with Crippen LogP contribution in [-0.2, 0) is 6.42 Å². The maximum Gasteiger partial charge on any atom is 0.122 e. The zero-order chi connectivity index (χ0) is 12.9. The van der Waals surface area contributed by atoms with Gasteiger partial charge in [-0.25, -0.2) is 0 Å². The lowest BCUT2D eigenvalue weighted by Crippen LogP contribution is -2.20. The summed E-state index contributed by atoms with van der Waals surface area (Å²) in [5.74, 6) is 1.01. The molecular weight excluding hydrogens is 276 g/mol. The van der Waals surface area contributed by atoms with E-state index in [4.69, 9.17) is 4.74 Å². The number of para-hydroxylation sites is 1. The highest BCUT2D eigenvalue weighted by atomic mass is 79.9. The molecule has 0 aliphatic heterocycles. The number of hydrogen-bond donors (Lipinski definition) is 0. The second-order valence-corrected chi connectivity index (χ2v) is 6.64. The Labute approximate surface area is 114 Å². The summed E-state index contributed by atoms with van der Waals surface area (Å²) in [4.78, 5) is 0.574. The molecule has 96 valence electrons. The van der Waals surface area contributed by atoms with E-state index in [0.717, 1.165) is 12.2 Å². The number of alkyl halides is 1. The number of hydrogen-bond acceptors (Lipinski definition) is 1. The number of aryl methyl sites for hydroxylation is 1. The number of halogens is 1. The van der Waals surface area contributed by atoms with E-state index in [0.29, 0.717) is 10.2 Å². The fraction of sp³-hybridized carbons (Fsp3) is 0.600. The first-order valence-corrected chi connectivity index (χ1v) is 7.12. The Morgan fingerprint density at radius 1 is 1.24 bits per heavy atom. The van der Waals surface area contributed by atoms with Crippen LogP contribution in [-0.4, -0.2) is 11.9 Å². The maximum absolute atomic E-state index is 5.36. The van der Waals surface area contributed by atoms with Crippen LogP contribution in [0.3, 0.4) is 0 Å². The van der Waals surface area contributed by atoms with Crippen LogP contribution in [0.5, 0.6) is 5.75 Å². The van der Waals surface area contributed by atoms with Crippen LogP contribution < -0.4 is 4.74 Å². The minimum atomic E-state index is 0.334. The van der Waals surface area contributed by atoms with Gasteiger partial charge >= 0.3 is 0 Å². The molecule has 17 heavy (non-hydrogen) atoms. The van der Waals surface area contributed by atoms with Crippen LogP contribution in [0.4, 0.5) is 0 Å².